The number of fused-ring (bicyclic) bond motifs is 13. The van der Waals surface area contributed by atoms with Gasteiger partial charge < -0.3 is 0 Å². The van der Waals surface area contributed by atoms with E-state index in [1.165, 1.54) is 54.4 Å². The summed E-state index contributed by atoms with van der Waals surface area (Å²) < 4.78 is 4.61. The van der Waals surface area contributed by atoms with Gasteiger partial charge in [0.2, 0.25) is 5.52 Å². The van der Waals surface area contributed by atoms with E-state index in [1.807, 2.05) is 0 Å². The molecule has 0 spiro atoms. The third kappa shape index (κ3) is 2.03. The number of hydrogen-bond acceptors (Lipinski definition) is 1. The molecule has 146 valence electrons. The maximum absolute atomic E-state index is 5.30. The zero-order chi connectivity index (χ0) is 20.7. The maximum Gasteiger partial charge on any atom is 0.237 e. The van der Waals surface area contributed by atoms with Crippen LogP contribution in [0.2, 0.25) is 0 Å². The largest absolute Gasteiger partial charge is 0.285 e. The normalized spacial score (nSPS) is 12.2. The van der Waals surface area contributed by atoms with Crippen molar-refractivity contribution in [3.05, 3.63) is 90.6 Å². The lowest BCUT2D eigenvalue weighted by Crippen LogP contribution is -2.28. The third-order valence-corrected chi connectivity index (χ3v) is 6.68. The molecular formula is C28H20N3+. The highest BCUT2D eigenvalue weighted by Crippen LogP contribution is 2.39. The van der Waals surface area contributed by atoms with Gasteiger partial charge in [-0.2, -0.15) is 4.57 Å². The molecule has 31 heavy (non-hydrogen) atoms. The molecule has 0 saturated carbocycles. The van der Waals surface area contributed by atoms with Crippen LogP contribution in [-0.4, -0.2) is 9.38 Å². The van der Waals surface area contributed by atoms with E-state index < -0.39 is 0 Å². The van der Waals surface area contributed by atoms with Crippen LogP contribution < -0.4 is 4.57 Å². The van der Waals surface area contributed by atoms with Crippen molar-refractivity contribution in [2.45, 2.75) is 6.92 Å². The van der Waals surface area contributed by atoms with E-state index in [-0.39, 0.29) is 0 Å². The minimum absolute atomic E-state index is 1.02. The Hall–Kier alpha value is -3.98. The van der Waals surface area contributed by atoms with Gasteiger partial charge in [0.25, 0.3) is 0 Å². The van der Waals surface area contributed by atoms with Gasteiger partial charge >= 0.3 is 0 Å². The molecule has 0 radical (unpaired) electrons. The second kappa shape index (κ2) is 5.79. The zero-order valence-electron chi connectivity index (χ0n) is 17.4. The standard InChI is InChI=1S/C28H20N3/c1-17-9-7-14-22-24(17)27-23(15-8-16-30(27)2)31-26-21-13-6-4-11-19(21)18-10-3-5-12-20(18)25(26)29-28(22)31/h3-16H,1-2H3/q+1. The monoisotopic (exact) mass is 398 g/mol. The van der Waals surface area contributed by atoms with E-state index in [4.69, 9.17) is 4.98 Å². The second-order valence-electron chi connectivity index (χ2n) is 8.41. The second-order valence-corrected chi connectivity index (χ2v) is 8.41. The molecule has 0 aliphatic rings. The van der Waals surface area contributed by atoms with E-state index in [1.54, 1.807) is 0 Å². The molecule has 3 heterocycles. The van der Waals surface area contributed by atoms with Gasteiger partial charge in [0.05, 0.1) is 16.4 Å². The highest BCUT2D eigenvalue weighted by atomic mass is 15.0. The van der Waals surface area contributed by atoms with Crippen molar-refractivity contribution >= 4 is 60.0 Å². The number of hydrogen-bond donors (Lipinski definition) is 0. The molecule has 7 aromatic rings. The molecule has 3 nitrogen and oxygen atoms in total. The van der Waals surface area contributed by atoms with Gasteiger partial charge in [-0.3, -0.25) is 4.40 Å². The van der Waals surface area contributed by atoms with E-state index in [0.29, 0.717) is 0 Å². The first kappa shape index (κ1) is 16.8. The zero-order valence-corrected chi connectivity index (χ0v) is 17.4. The van der Waals surface area contributed by atoms with Crippen LogP contribution in [0.1, 0.15) is 5.56 Å². The molecule has 0 N–H and O–H groups in total. The molecule has 3 aromatic heterocycles. The molecule has 0 aliphatic carbocycles. The highest BCUT2D eigenvalue weighted by Gasteiger charge is 2.22. The Balaban J connectivity index is 1.94. The van der Waals surface area contributed by atoms with Gasteiger partial charge in [0.1, 0.15) is 18.2 Å². The lowest BCUT2D eigenvalue weighted by atomic mass is 10.00. The van der Waals surface area contributed by atoms with Crippen LogP contribution in [0.15, 0.2) is 85.1 Å². The van der Waals surface area contributed by atoms with E-state index in [9.17, 15) is 0 Å². The smallest absolute Gasteiger partial charge is 0.237 e. The first-order valence-electron chi connectivity index (χ1n) is 10.7. The lowest BCUT2D eigenvalue weighted by Gasteiger charge is -2.10. The van der Waals surface area contributed by atoms with Crippen molar-refractivity contribution in [3.63, 3.8) is 0 Å². The molecule has 0 amide bonds. The van der Waals surface area contributed by atoms with Crippen LogP contribution in [0.3, 0.4) is 0 Å². The van der Waals surface area contributed by atoms with Crippen LogP contribution in [0, 0.1) is 6.92 Å². The summed E-state index contributed by atoms with van der Waals surface area (Å²) in [6, 6.07) is 28.2. The molecule has 7 rings (SSSR count). The molecule has 0 aliphatic heterocycles. The molecule has 4 aromatic carbocycles. The van der Waals surface area contributed by atoms with Crippen LogP contribution in [0.4, 0.5) is 0 Å². The summed E-state index contributed by atoms with van der Waals surface area (Å²) in [5.41, 5.74) is 6.96. The number of aromatic nitrogens is 3. The van der Waals surface area contributed by atoms with Crippen molar-refractivity contribution in [2.24, 2.45) is 7.05 Å². The van der Waals surface area contributed by atoms with Crippen molar-refractivity contribution in [1.29, 1.82) is 0 Å². The van der Waals surface area contributed by atoms with Gasteiger partial charge in [-0.1, -0.05) is 66.7 Å². The summed E-state index contributed by atoms with van der Waals surface area (Å²) in [5.74, 6) is 0. The fourth-order valence-electron chi connectivity index (χ4n) is 5.37. The van der Waals surface area contributed by atoms with Gasteiger partial charge in [0, 0.05) is 22.2 Å². The quantitative estimate of drug-likeness (QED) is 0.219. The molecule has 0 atom stereocenters. The molecule has 3 heteroatoms. The van der Waals surface area contributed by atoms with Crippen LogP contribution in [0.5, 0.6) is 0 Å². The van der Waals surface area contributed by atoms with Crippen LogP contribution in [0.25, 0.3) is 60.0 Å². The summed E-state index contributed by atoms with van der Waals surface area (Å²) >= 11 is 0. The van der Waals surface area contributed by atoms with Crippen LogP contribution >= 0.6 is 0 Å². The Bertz CT molecular complexity index is 1860. The van der Waals surface area contributed by atoms with Gasteiger partial charge in [-0.25, -0.2) is 4.98 Å². The van der Waals surface area contributed by atoms with Crippen molar-refractivity contribution in [3.8, 4) is 0 Å². The molecule has 0 fully saturated rings. The highest BCUT2D eigenvalue weighted by molar-refractivity contribution is 6.26. The van der Waals surface area contributed by atoms with Gasteiger partial charge in [-0.05, 0) is 29.3 Å². The van der Waals surface area contributed by atoms with E-state index in [0.717, 1.165) is 11.2 Å². The summed E-state index contributed by atoms with van der Waals surface area (Å²) in [4.78, 5) is 5.30. The van der Waals surface area contributed by atoms with Gasteiger partial charge in [-0.15, -0.1) is 0 Å². The number of benzene rings is 4. The first-order chi connectivity index (χ1) is 15.2. The van der Waals surface area contributed by atoms with Crippen LogP contribution in [-0.2, 0) is 7.05 Å². The Kier molecular flexibility index (Phi) is 3.14. The summed E-state index contributed by atoms with van der Waals surface area (Å²) in [6.07, 6.45) is 2.13. The van der Waals surface area contributed by atoms with E-state index >= 15 is 0 Å². The maximum atomic E-state index is 5.30. The SMILES string of the molecule is Cc1cccc2c1c1c(ccc[n+]1C)n1c2nc2c3ccccc3c3ccccc3c21. The number of aryl methyl sites for hydroxylation is 2. The third-order valence-electron chi connectivity index (χ3n) is 6.68. The molecular weight excluding hydrogens is 378 g/mol. The molecule has 0 unspecified atom stereocenters. The molecule has 0 saturated heterocycles. The average Bonchev–Trinajstić information content (AvgIpc) is 3.21. The Morgan fingerprint density at radius 2 is 1.39 bits per heavy atom. The van der Waals surface area contributed by atoms with Crippen molar-refractivity contribution in [1.82, 2.24) is 9.38 Å². The number of rotatable bonds is 0. The Morgan fingerprint density at radius 1 is 0.710 bits per heavy atom. The Morgan fingerprint density at radius 3 is 2.19 bits per heavy atom. The summed E-state index contributed by atoms with van der Waals surface area (Å²) in [6.45, 7) is 2.19. The fourth-order valence-corrected chi connectivity index (χ4v) is 5.37. The summed E-state index contributed by atoms with van der Waals surface area (Å²) in [5, 5.41) is 7.43. The van der Waals surface area contributed by atoms with Crippen molar-refractivity contribution < 1.29 is 4.57 Å². The average molecular weight is 398 g/mol. The first-order valence-corrected chi connectivity index (χ1v) is 10.7. The van der Waals surface area contributed by atoms with E-state index in [2.05, 4.69) is 108 Å². The fraction of sp³-hybridized carbons (Fsp3) is 0.0714. The molecule has 0 bridgehead atoms. The van der Waals surface area contributed by atoms with Gasteiger partial charge in [0.15, 0.2) is 6.20 Å². The lowest BCUT2D eigenvalue weighted by molar-refractivity contribution is -0.644. The van der Waals surface area contributed by atoms with Crippen molar-refractivity contribution in [2.75, 3.05) is 0 Å². The topological polar surface area (TPSA) is 21.2 Å². The Labute approximate surface area is 178 Å². The predicted octanol–water partition coefficient (Wildman–Crippen LogP) is 6.23. The minimum Gasteiger partial charge on any atom is -0.285 e. The minimum atomic E-state index is 1.02. The number of imidazole rings is 1. The summed E-state index contributed by atoms with van der Waals surface area (Å²) in [7, 11) is 2.13. The number of nitrogens with zero attached hydrogens (tertiary/aromatic N) is 3. The predicted molar refractivity (Wildman–Crippen MR) is 129 cm³/mol. The number of pyridine rings is 2.